The number of amides is 2. The molecule has 7 nitrogen and oxygen atoms in total. The number of nitrogens with one attached hydrogen (secondary N) is 1. The summed E-state index contributed by atoms with van der Waals surface area (Å²) in [5, 5.41) is 11.6. The van der Waals surface area contributed by atoms with E-state index in [9.17, 15) is 14.4 Å². The van der Waals surface area contributed by atoms with E-state index in [4.69, 9.17) is 5.11 Å². The average molecular weight is 286 g/mol. The first-order chi connectivity index (χ1) is 9.36. The average Bonchev–Trinajstić information content (AvgIpc) is 2.85. The van der Waals surface area contributed by atoms with Crippen LogP contribution in [0.15, 0.2) is 0 Å². The molecule has 1 heterocycles. The lowest BCUT2D eigenvalue weighted by Crippen LogP contribution is -2.51. The molecule has 0 aliphatic carbocycles. The van der Waals surface area contributed by atoms with Gasteiger partial charge in [0.2, 0.25) is 0 Å². The molecule has 2 unspecified atom stereocenters. The van der Waals surface area contributed by atoms with Crippen LogP contribution in [0.25, 0.3) is 0 Å². The van der Waals surface area contributed by atoms with Gasteiger partial charge in [0.1, 0.15) is 12.1 Å². The summed E-state index contributed by atoms with van der Waals surface area (Å²) < 4.78 is 4.66. The fourth-order valence-corrected chi connectivity index (χ4v) is 2.33. The van der Waals surface area contributed by atoms with Gasteiger partial charge in [-0.05, 0) is 25.2 Å². The fraction of sp³-hybridized carbons (Fsp3) is 0.769. The molecule has 1 aliphatic heterocycles. The first-order valence-corrected chi connectivity index (χ1v) is 6.74. The van der Waals surface area contributed by atoms with Gasteiger partial charge in [-0.3, -0.25) is 0 Å². The number of esters is 1. The summed E-state index contributed by atoms with van der Waals surface area (Å²) in [5.74, 6) is -1.33. The van der Waals surface area contributed by atoms with Crippen molar-refractivity contribution in [2.24, 2.45) is 5.92 Å². The van der Waals surface area contributed by atoms with Crippen molar-refractivity contribution in [2.75, 3.05) is 13.7 Å². The number of carboxylic acids is 1. The fourth-order valence-electron chi connectivity index (χ4n) is 2.33. The van der Waals surface area contributed by atoms with E-state index in [0.29, 0.717) is 25.8 Å². The zero-order chi connectivity index (χ0) is 15.3. The molecule has 0 aromatic rings. The molecule has 0 saturated carbocycles. The number of carbonyl (C=O) groups excluding carboxylic acids is 2. The first kappa shape index (κ1) is 16.3. The van der Waals surface area contributed by atoms with E-state index in [1.807, 2.05) is 13.8 Å². The van der Waals surface area contributed by atoms with Crippen molar-refractivity contribution in [3.8, 4) is 0 Å². The minimum atomic E-state index is -1.02. The largest absolute Gasteiger partial charge is 0.480 e. The second-order valence-corrected chi connectivity index (χ2v) is 5.34. The molecule has 114 valence electrons. The van der Waals surface area contributed by atoms with Crippen LogP contribution in [0.4, 0.5) is 4.79 Å². The highest BCUT2D eigenvalue weighted by Gasteiger charge is 2.35. The number of likely N-dealkylation sites (tertiary alicyclic amines) is 1. The summed E-state index contributed by atoms with van der Waals surface area (Å²) in [6.45, 7) is 4.24. The van der Waals surface area contributed by atoms with Crippen LogP contribution in [0, 0.1) is 5.92 Å². The van der Waals surface area contributed by atoms with Crippen LogP contribution in [-0.2, 0) is 14.3 Å². The van der Waals surface area contributed by atoms with Crippen molar-refractivity contribution in [1.29, 1.82) is 0 Å². The number of carbonyl (C=O) groups is 3. The minimum Gasteiger partial charge on any atom is -0.480 e. The Bertz CT molecular complexity index is 383. The number of ether oxygens (including phenoxy) is 1. The molecule has 0 bridgehead atoms. The monoisotopic (exact) mass is 286 g/mol. The van der Waals surface area contributed by atoms with Crippen LogP contribution < -0.4 is 5.32 Å². The molecule has 2 amide bonds. The van der Waals surface area contributed by atoms with Crippen molar-refractivity contribution >= 4 is 18.0 Å². The van der Waals surface area contributed by atoms with Gasteiger partial charge >= 0.3 is 18.0 Å². The predicted octanol–water partition coefficient (Wildman–Crippen LogP) is 0.833. The molecule has 0 spiro atoms. The molecule has 1 rings (SSSR count). The Labute approximate surface area is 118 Å². The lowest BCUT2D eigenvalue weighted by molar-refractivity contribution is -0.143. The maximum Gasteiger partial charge on any atom is 0.328 e. The van der Waals surface area contributed by atoms with Gasteiger partial charge in [0.25, 0.3) is 0 Å². The van der Waals surface area contributed by atoms with E-state index in [1.165, 1.54) is 12.0 Å². The number of aliphatic carboxylic acids is 1. The van der Waals surface area contributed by atoms with Gasteiger partial charge in [-0.1, -0.05) is 13.8 Å². The highest BCUT2D eigenvalue weighted by molar-refractivity contribution is 5.87. The highest BCUT2D eigenvalue weighted by Crippen LogP contribution is 2.18. The number of carboxylic acid groups (broad SMARTS) is 1. The number of rotatable bonds is 5. The Morgan fingerprint density at radius 1 is 1.40 bits per heavy atom. The van der Waals surface area contributed by atoms with Crippen LogP contribution in [0.2, 0.25) is 0 Å². The Morgan fingerprint density at radius 3 is 2.55 bits per heavy atom. The summed E-state index contributed by atoms with van der Waals surface area (Å²) in [6, 6.07) is -2.08. The van der Waals surface area contributed by atoms with Crippen molar-refractivity contribution in [2.45, 2.75) is 45.2 Å². The quantitative estimate of drug-likeness (QED) is 0.730. The molecule has 7 heteroatoms. The summed E-state index contributed by atoms with van der Waals surface area (Å²) in [7, 11) is 1.26. The van der Waals surface area contributed by atoms with Crippen molar-refractivity contribution in [3.63, 3.8) is 0 Å². The zero-order valence-electron chi connectivity index (χ0n) is 12.1. The van der Waals surface area contributed by atoms with Gasteiger partial charge in [-0.25, -0.2) is 14.4 Å². The van der Waals surface area contributed by atoms with Crippen molar-refractivity contribution in [1.82, 2.24) is 10.2 Å². The second-order valence-electron chi connectivity index (χ2n) is 5.34. The van der Waals surface area contributed by atoms with Crippen molar-refractivity contribution < 1.29 is 24.2 Å². The molecule has 1 fully saturated rings. The Morgan fingerprint density at radius 2 is 2.05 bits per heavy atom. The molecule has 2 atom stereocenters. The Hall–Kier alpha value is -1.79. The van der Waals surface area contributed by atoms with E-state index in [2.05, 4.69) is 10.1 Å². The standard InChI is InChI=1S/C13H22N2O5/c1-8(2)7-9(12(18)20-3)14-13(19)15-6-4-5-10(15)11(16)17/h8-10H,4-7H2,1-3H3,(H,14,19)(H,16,17). The number of hydrogen-bond acceptors (Lipinski definition) is 4. The summed E-state index contributed by atoms with van der Waals surface area (Å²) in [5.41, 5.74) is 0. The van der Waals surface area contributed by atoms with E-state index >= 15 is 0 Å². The van der Waals surface area contributed by atoms with Crippen LogP contribution in [-0.4, -0.2) is 53.7 Å². The number of hydrogen-bond donors (Lipinski definition) is 2. The molecule has 1 aliphatic rings. The molecule has 2 N–H and O–H groups in total. The lowest BCUT2D eigenvalue weighted by Gasteiger charge is -2.25. The van der Waals surface area contributed by atoms with Gasteiger partial charge in [0, 0.05) is 6.54 Å². The molecular formula is C13H22N2O5. The van der Waals surface area contributed by atoms with Crippen LogP contribution in [0.5, 0.6) is 0 Å². The van der Waals surface area contributed by atoms with Crippen LogP contribution in [0.3, 0.4) is 0 Å². The molecule has 0 radical (unpaired) electrons. The lowest BCUT2D eigenvalue weighted by atomic mass is 10.0. The SMILES string of the molecule is COC(=O)C(CC(C)C)NC(=O)N1CCCC1C(=O)O. The zero-order valence-corrected chi connectivity index (χ0v) is 12.1. The topological polar surface area (TPSA) is 95.9 Å². The van der Waals surface area contributed by atoms with E-state index < -0.39 is 30.1 Å². The third kappa shape index (κ3) is 4.11. The predicted molar refractivity (Wildman–Crippen MR) is 71.2 cm³/mol. The van der Waals surface area contributed by atoms with Gasteiger partial charge < -0.3 is 20.1 Å². The number of nitrogens with zero attached hydrogens (tertiary/aromatic N) is 1. The summed E-state index contributed by atoms with van der Waals surface area (Å²) in [4.78, 5) is 36.1. The van der Waals surface area contributed by atoms with Crippen molar-refractivity contribution in [3.05, 3.63) is 0 Å². The minimum absolute atomic E-state index is 0.202. The summed E-state index contributed by atoms with van der Waals surface area (Å²) >= 11 is 0. The maximum absolute atomic E-state index is 12.1. The van der Waals surface area contributed by atoms with Crippen LogP contribution >= 0.6 is 0 Å². The molecular weight excluding hydrogens is 264 g/mol. The smallest absolute Gasteiger partial charge is 0.328 e. The van der Waals surface area contributed by atoms with Gasteiger partial charge in [-0.15, -0.1) is 0 Å². The van der Waals surface area contributed by atoms with Gasteiger partial charge in [0.15, 0.2) is 0 Å². The maximum atomic E-state index is 12.1. The van der Waals surface area contributed by atoms with E-state index in [0.717, 1.165) is 0 Å². The number of urea groups is 1. The summed E-state index contributed by atoms with van der Waals surface area (Å²) in [6.07, 6.45) is 1.54. The van der Waals surface area contributed by atoms with Crippen LogP contribution in [0.1, 0.15) is 33.1 Å². The normalized spacial score (nSPS) is 19.8. The van der Waals surface area contributed by atoms with E-state index in [1.54, 1.807) is 0 Å². The van der Waals surface area contributed by atoms with Gasteiger partial charge in [0.05, 0.1) is 7.11 Å². The highest BCUT2D eigenvalue weighted by atomic mass is 16.5. The molecule has 20 heavy (non-hydrogen) atoms. The third-order valence-corrected chi connectivity index (χ3v) is 3.29. The molecule has 0 aromatic heterocycles. The second kappa shape index (κ2) is 7.12. The third-order valence-electron chi connectivity index (χ3n) is 3.29. The number of methoxy groups -OCH3 is 1. The molecule has 0 aromatic carbocycles. The Kier molecular flexibility index (Phi) is 5.79. The molecule has 1 saturated heterocycles. The Balaban J connectivity index is 2.70. The van der Waals surface area contributed by atoms with E-state index in [-0.39, 0.29) is 5.92 Å². The first-order valence-electron chi connectivity index (χ1n) is 6.74. The van der Waals surface area contributed by atoms with Gasteiger partial charge in [-0.2, -0.15) is 0 Å².